The minimum absolute atomic E-state index is 0.178. The number of rotatable bonds is 2. The molecule has 1 aliphatic heterocycles. The van der Waals surface area contributed by atoms with Gasteiger partial charge in [-0.05, 0) is 32.4 Å². The molecule has 1 aliphatic rings. The van der Waals surface area contributed by atoms with E-state index in [0.29, 0.717) is 6.61 Å². The van der Waals surface area contributed by atoms with E-state index in [0.717, 1.165) is 6.54 Å². The van der Waals surface area contributed by atoms with Crippen LogP contribution in [0.5, 0.6) is 0 Å². The van der Waals surface area contributed by atoms with E-state index in [9.17, 15) is 0 Å². The van der Waals surface area contributed by atoms with Crippen LogP contribution in [-0.4, -0.2) is 23.1 Å². The molecule has 1 aromatic rings. The van der Waals surface area contributed by atoms with Crippen molar-refractivity contribution in [2.45, 2.75) is 39.2 Å². The highest BCUT2D eigenvalue weighted by atomic mass is 16.7. The highest BCUT2D eigenvalue weighted by Crippen LogP contribution is 2.23. The van der Waals surface area contributed by atoms with Crippen LogP contribution in [0, 0.1) is 6.92 Å². The molecule has 0 aromatic carbocycles. The standard InChI is InChI=1S/C11H17NO2/c1-9-4-5-12(6-9)7-10-8-13-11(2,3)14-10/h4-6,10H,7-8H2,1-3H3. The van der Waals surface area contributed by atoms with Crippen molar-refractivity contribution in [3.8, 4) is 0 Å². The molecule has 0 amide bonds. The van der Waals surface area contributed by atoms with Gasteiger partial charge in [-0.3, -0.25) is 0 Å². The van der Waals surface area contributed by atoms with Crippen LogP contribution in [0.1, 0.15) is 19.4 Å². The van der Waals surface area contributed by atoms with Crippen molar-refractivity contribution >= 4 is 0 Å². The number of hydrogen-bond donors (Lipinski definition) is 0. The quantitative estimate of drug-likeness (QED) is 0.720. The van der Waals surface area contributed by atoms with Crippen LogP contribution in [0.25, 0.3) is 0 Å². The first-order valence-corrected chi connectivity index (χ1v) is 4.99. The predicted octanol–water partition coefficient (Wildman–Crippen LogP) is 1.95. The lowest BCUT2D eigenvalue weighted by atomic mass is 10.3. The van der Waals surface area contributed by atoms with E-state index < -0.39 is 5.79 Å². The summed E-state index contributed by atoms with van der Waals surface area (Å²) in [5.41, 5.74) is 1.28. The second-order valence-corrected chi connectivity index (χ2v) is 4.34. The fourth-order valence-electron chi connectivity index (χ4n) is 1.76. The molecule has 1 atom stereocenters. The van der Waals surface area contributed by atoms with Gasteiger partial charge in [-0.1, -0.05) is 0 Å². The summed E-state index contributed by atoms with van der Waals surface area (Å²) >= 11 is 0. The van der Waals surface area contributed by atoms with E-state index in [2.05, 4.69) is 30.0 Å². The van der Waals surface area contributed by atoms with Crippen molar-refractivity contribution in [2.75, 3.05) is 6.61 Å². The highest BCUT2D eigenvalue weighted by Gasteiger charge is 2.32. The Morgan fingerprint density at radius 3 is 2.86 bits per heavy atom. The SMILES string of the molecule is Cc1ccn(CC2COC(C)(C)O2)c1. The topological polar surface area (TPSA) is 23.4 Å². The Morgan fingerprint density at radius 2 is 2.36 bits per heavy atom. The van der Waals surface area contributed by atoms with Crippen molar-refractivity contribution in [3.05, 3.63) is 24.0 Å². The molecule has 0 N–H and O–H groups in total. The van der Waals surface area contributed by atoms with E-state index in [4.69, 9.17) is 9.47 Å². The second kappa shape index (κ2) is 3.41. The number of nitrogens with zero attached hydrogens (tertiary/aromatic N) is 1. The number of ether oxygens (including phenoxy) is 2. The van der Waals surface area contributed by atoms with Gasteiger partial charge in [-0.25, -0.2) is 0 Å². The van der Waals surface area contributed by atoms with Gasteiger partial charge < -0.3 is 14.0 Å². The van der Waals surface area contributed by atoms with Gasteiger partial charge in [0.2, 0.25) is 0 Å². The van der Waals surface area contributed by atoms with Gasteiger partial charge in [-0.2, -0.15) is 0 Å². The van der Waals surface area contributed by atoms with Crippen molar-refractivity contribution in [1.29, 1.82) is 0 Å². The van der Waals surface area contributed by atoms with Crippen LogP contribution in [-0.2, 0) is 16.0 Å². The Labute approximate surface area is 84.6 Å². The van der Waals surface area contributed by atoms with Gasteiger partial charge in [0, 0.05) is 12.4 Å². The number of hydrogen-bond acceptors (Lipinski definition) is 2. The lowest BCUT2D eigenvalue weighted by molar-refractivity contribution is -0.139. The molecule has 1 fully saturated rings. The lowest BCUT2D eigenvalue weighted by Gasteiger charge is -2.17. The zero-order valence-electron chi connectivity index (χ0n) is 8.99. The summed E-state index contributed by atoms with van der Waals surface area (Å²) in [6.07, 6.45) is 4.37. The summed E-state index contributed by atoms with van der Waals surface area (Å²) in [4.78, 5) is 0. The molecule has 1 unspecified atom stereocenters. The molecule has 0 radical (unpaired) electrons. The molecule has 3 heteroatoms. The lowest BCUT2D eigenvalue weighted by Crippen LogP contribution is -2.23. The normalized spacial score (nSPS) is 25.5. The molecule has 0 spiro atoms. The summed E-state index contributed by atoms with van der Waals surface area (Å²) in [6, 6.07) is 2.10. The van der Waals surface area contributed by atoms with E-state index in [-0.39, 0.29) is 6.10 Å². The van der Waals surface area contributed by atoms with E-state index >= 15 is 0 Å². The Bertz CT molecular complexity index is 317. The molecule has 1 saturated heterocycles. The summed E-state index contributed by atoms with van der Waals surface area (Å²) in [6.45, 7) is 7.55. The maximum atomic E-state index is 5.72. The molecule has 2 rings (SSSR count). The average molecular weight is 195 g/mol. The van der Waals surface area contributed by atoms with E-state index in [1.165, 1.54) is 5.56 Å². The zero-order valence-corrected chi connectivity index (χ0v) is 8.99. The first-order valence-electron chi connectivity index (χ1n) is 4.99. The maximum Gasteiger partial charge on any atom is 0.163 e. The molecule has 2 heterocycles. The van der Waals surface area contributed by atoms with E-state index in [1.54, 1.807) is 0 Å². The largest absolute Gasteiger partial charge is 0.351 e. The van der Waals surface area contributed by atoms with Gasteiger partial charge in [0.1, 0.15) is 6.10 Å². The number of aryl methyl sites for hydroxylation is 1. The van der Waals surface area contributed by atoms with E-state index in [1.807, 2.05) is 13.8 Å². The Kier molecular flexibility index (Phi) is 2.37. The molecule has 1 aromatic heterocycles. The fraction of sp³-hybridized carbons (Fsp3) is 0.636. The van der Waals surface area contributed by atoms with Crippen LogP contribution in [0.4, 0.5) is 0 Å². The van der Waals surface area contributed by atoms with Gasteiger partial charge in [-0.15, -0.1) is 0 Å². The molecule has 0 saturated carbocycles. The van der Waals surface area contributed by atoms with Crippen molar-refractivity contribution in [1.82, 2.24) is 4.57 Å². The Hall–Kier alpha value is -0.800. The monoisotopic (exact) mass is 195 g/mol. The van der Waals surface area contributed by atoms with Crippen LogP contribution in [0.3, 0.4) is 0 Å². The van der Waals surface area contributed by atoms with Gasteiger partial charge in [0.15, 0.2) is 5.79 Å². The maximum absolute atomic E-state index is 5.72. The van der Waals surface area contributed by atoms with Crippen LogP contribution >= 0.6 is 0 Å². The van der Waals surface area contributed by atoms with Gasteiger partial charge in [0.05, 0.1) is 13.2 Å². The van der Waals surface area contributed by atoms with Crippen LogP contribution in [0.2, 0.25) is 0 Å². The minimum atomic E-state index is -0.410. The zero-order chi connectivity index (χ0) is 10.2. The molecular formula is C11H17NO2. The van der Waals surface area contributed by atoms with Gasteiger partial charge in [0.25, 0.3) is 0 Å². The predicted molar refractivity (Wildman–Crippen MR) is 54.1 cm³/mol. The highest BCUT2D eigenvalue weighted by molar-refractivity contribution is 5.07. The summed E-state index contributed by atoms with van der Waals surface area (Å²) < 4.78 is 13.4. The van der Waals surface area contributed by atoms with Gasteiger partial charge >= 0.3 is 0 Å². The fourth-order valence-corrected chi connectivity index (χ4v) is 1.76. The second-order valence-electron chi connectivity index (χ2n) is 4.34. The minimum Gasteiger partial charge on any atom is -0.351 e. The first-order chi connectivity index (χ1) is 6.55. The van der Waals surface area contributed by atoms with Crippen LogP contribution < -0.4 is 0 Å². The summed E-state index contributed by atoms with van der Waals surface area (Å²) in [5.74, 6) is -0.410. The van der Waals surface area contributed by atoms with Crippen molar-refractivity contribution in [2.24, 2.45) is 0 Å². The molecule has 78 valence electrons. The number of aromatic nitrogens is 1. The molecule has 3 nitrogen and oxygen atoms in total. The third-order valence-electron chi connectivity index (χ3n) is 2.38. The summed E-state index contributed by atoms with van der Waals surface area (Å²) in [5, 5.41) is 0. The Morgan fingerprint density at radius 1 is 1.57 bits per heavy atom. The average Bonchev–Trinajstić information content (AvgIpc) is 2.59. The molecule has 14 heavy (non-hydrogen) atoms. The first kappa shape index (κ1) is 9.74. The third kappa shape index (κ3) is 2.16. The molecular weight excluding hydrogens is 178 g/mol. The molecule has 0 aliphatic carbocycles. The Balaban J connectivity index is 1.94. The van der Waals surface area contributed by atoms with Crippen molar-refractivity contribution in [3.63, 3.8) is 0 Å². The van der Waals surface area contributed by atoms with Crippen molar-refractivity contribution < 1.29 is 9.47 Å². The smallest absolute Gasteiger partial charge is 0.163 e. The summed E-state index contributed by atoms with van der Waals surface area (Å²) in [7, 11) is 0. The molecule has 0 bridgehead atoms. The van der Waals surface area contributed by atoms with Crippen LogP contribution in [0.15, 0.2) is 18.5 Å². The third-order valence-corrected chi connectivity index (χ3v) is 2.38.